The Balaban J connectivity index is 3.03. The van der Waals surface area contributed by atoms with E-state index in [1.54, 1.807) is 7.05 Å². The third-order valence-electron chi connectivity index (χ3n) is 0.582. The molecule has 1 N–H and O–H groups in total. The zero-order valence-electron chi connectivity index (χ0n) is 4.26. The van der Waals surface area contributed by atoms with Crippen LogP contribution < -0.4 is 0 Å². The minimum absolute atomic E-state index is 0.0481. The van der Waals surface area contributed by atoms with Gasteiger partial charge in [0.25, 0.3) is 0 Å². The van der Waals surface area contributed by atoms with Crippen molar-refractivity contribution in [3.8, 4) is 6.07 Å². The van der Waals surface area contributed by atoms with Gasteiger partial charge in [-0.3, -0.25) is 4.90 Å². The van der Waals surface area contributed by atoms with E-state index in [2.05, 4.69) is 0 Å². The maximum Gasteiger partial charge on any atom is 0.0962 e. The minimum atomic E-state index is -0.0481. The van der Waals surface area contributed by atoms with Crippen molar-refractivity contribution in [3.05, 3.63) is 0 Å². The third kappa shape index (κ3) is 3.23. The summed E-state index contributed by atoms with van der Waals surface area (Å²) in [5.41, 5.74) is 0. The van der Waals surface area contributed by atoms with Crippen LogP contribution in [0.15, 0.2) is 0 Å². The third-order valence-corrected chi connectivity index (χ3v) is 0.582. The van der Waals surface area contributed by atoms with Crippen LogP contribution in [-0.2, 0) is 0 Å². The Bertz CT molecular complexity index is 76.2. The highest BCUT2D eigenvalue weighted by Gasteiger charge is 1.87. The SMILES string of the molecule is CN(CO)CC#N. The summed E-state index contributed by atoms with van der Waals surface area (Å²) in [6.45, 7) is 0.240. The molecule has 0 bridgehead atoms. The van der Waals surface area contributed by atoms with Gasteiger partial charge < -0.3 is 5.11 Å². The Kier molecular flexibility index (Phi) is 3.29. The number of hydrogen-bond donors (Lipinski definition) is 1. The molecule has 0 heterocycles. The summed E-state index contributed by atoms with van der Waals surface area (Å²) in [5.74, 6) is 0. The summed E-state index contributed by atoms with van der Waals surface area (Å²) >= 11 is 0. The molecule has 0 aliphatic rings. The molecular formula is C4H8N2O. The van der Waals surface area contributed by atoms with Gasteiger partial charge in [-0.05, 0) is 7.05 Å². The molecule has 0 aromatic heterocycles. The van der Waals surface area contributed by atoms with E-state index < -0.39 is 0 Å². The van der Waals surface area contributed by atoms with Crippen molar-refractivity contribution < 1.29 is 5.11 Å². The van der Waals surface area contributed by atoms with Crippen molar-refractivity contribution in [1.29, 1.82) is 5.26 Å². The van der Waals surface area contributed by atoms with Crippen LogP contribution in [0.25, 0.3) is 0 Å². The molecule has 3 heteroatoms. The fourth-order valence-corrected chi connectivity index (χ4v) is 0.171. The zero-order chi connectivity index (χ0) is 5.70. The highest BCUT2D eigenvalue weighted by molar-refractivity contribution is 4.72. The van der Waals surface area contributed by atoms with Crippen LogP contribution in [0.5, 0.6) is 0 Å². The molecule has 0 rings (SSSR count). The van der Waals surface area contributed by atoms with E-state index in [1.165, 1.54) is 4.90 Å². The lowest BCUT2D eigenvalue weighted by Crippen LogP contribution is -2.18. The lowest BCUT2D eigenvalue weighted by atomic mass is 10.7. The van der Waals surface area contributed by atoms with Crippen LogP contribution in [0.2, 0.25) is 0 Å². The average molecular weight is 100 g/mol. The first-order valence-electron chi connectivity index (χ1n) is 1.97. The van der Waals surface area contributed by atoms with Gasteiger partial charge in [0.2, 0.25) is 0 Å². The first kappa shape index (κ1) is 6.41. The van der Waals surface area contributed by atoms with Gasteiger partial charge in [0, 0.05) is 0 Å². The molecule has 0 radical (unpaired) electrons. The van der Waals surface area contributed by atoms with Crippen molar-refractivity contribution in [3.63, 3.8) is 0 Å². The summed E-state index contributed by atoms with van der Waals surface area (Å²) in [5, 5.41) is 16.2. The second kappa shape index (κ2) is 3.59. The van der Waals surface area contributed by atoms with E-state index in [9.17, 15) is 0 Å². The van der Waals surface area contributed by atoms with Crippen LogP contribution in [0, 0.1) is 11.3 Å². The second-order valence-corrected chi connectivity index (χ2v) is 1.31. The maximum atomic E-state index is 8.24. The maximum absolute atomic E-state index is 8.24. The molecule has 40 valence electrons. The first-order valence-corrected chi connectivity index (χ1v) is 1.97. The molecular weight excluding hydrogens is 92.1 g/mol. The van der Waals surface area contributed by atoms with Gasteiger partial charge in [0.15, 0.2) is 0 Å². The highest BCUT2D eigenvalue weighted by atomic mass is 16.3. The topological polar surface area (TPSA) is 47.3 Å². The Hall–Kier alpha value is -0.590. The second-order valence-electron chi connectivity index (χ2n) is 1.31. The van der Waals surface area contributed by atoms with Gasteiger partial charge in [-0.2, -0.15) is 5.26 Å². The van der Waals surface area contributed by atoms with E-state index in [1.807, 2.05) is 6.07 Å². The van der Waals surface area contributed by atoms with E-state index in [4.69, 9.17) is 10.4 Å². The molecule has 7 heavy (non-hydrogen) atoms. The molecule has 3 nitrogen and oxygen atoms in total. The molecule has 0 unspecified atom stereocenters. The number of aliphatic hydroxyl groups is 1. The van der Waals surface area contributed by atoms with Gasteiger partial charge in [-0.25, -0.2) is 0 Å². The molecule has 0 aromatic carbocycles. The number of hydrogen-bond acceptors (Lipinski definition) is 3. The monoisotopic (exact) mass is 100 g/mol. The summed E-state index contributed by atoms with van der Waals surface area (Å²) in [6, 6.07) is 1.88. The average Bonchev–Trinajstić information content (AvgIpc) is 1.68. The molecule has 0 fully saturated rings. The lowest BCUT2D eigenvalue weighted by Gasteiger charge is -2.04. The van der Waals surface area contributed by atoms with Gasteiger partial charge in [0.05, 0.1) is 19.3 Å². The predicted octanol–water partition coefficient (Wildman–Crippen LogP) is -0.608. The Morgan fingerprint density at radius 2 is 2.43 bits per heavy atom. The van der Waals surface area contributed by atoms with Gasteiger partial charge in [-0.1, -0.05) is 0 Å². The smallest absolute Gasteiger partial charge is 0.0962 e. The van der Waals surface area contributed by atoms with E-state index in [0.29, 0.717) is 0 Å². The van der Waals surface area contributed by atoms with Crippen LogP contribution in [0.1, 0.15) is 0 Å². The number of nitrogens with zero attached hydrogens (tertiary/aromatic N) is 2. The van der Waals surface area contributed by atoms with Crippen LogP contribution in [0.4, 0.5) is 0 Å². The fourth-order valence-electron chi connectivity index (χ4n) is 0.171. The molecule has 0 saturated heterocycles. The van der Waals surface area contributed by atoms with Gasteiger partial charge in [0.1, 0.15) is 0 Å². The van der Waals surface area contributed by atoms with E-state index >= 15 is 0 Å². The standard InChI is InChI=1S/C4H8N2O/c1-6(4-7)3-2-5/h7H,3-4H2,1H3. The first-order chi connectivity index (χ1) is 3.31. The summed E-state index contributed by atoms with van der Waals surface area (Å²) in [7, 11) is 1.67. The molecule has 0 amide bonds. The summed E-state index contributed by atoms with van der Waals surface area (Å²) in [4.78, 5) is 1.50. The molecule has 0 aliphatic heterocycles. The quantitative estimate of drug-likeness (QED) is 0.372. The van der Waals surface area contributed by atoms with Crippen LogP contribution in [-0.4, -0.2) is 30.3 Å². The summed E-state index contributed by atoms with van der Waals surface area (Å²) in [6.07, 6.45) is 0. The van der Waals surface area contributed by atoms with Crippen molar-refractivity contribution in [1.82, 2.24) is 4.90 Å². The molecule has 0 aliphatic carbocycles. The zero-order valence-corrected chi connectivity index (χ0v) is 4.26. The minimum Gasteiger partial charge on any atom is -0.381 e. The van der Waals surface area contributed by atoms with Gasteiger partial charge >= 0.3 is 0 Å². The molecule has 0 saturated carbocycles. The van der Waals surface area contributed by atoms with E-state index in [0.717, 1.165) is 0 Å². The van der Waals surface area contributed by atoms with Crippen molar-refractivity contribution >= 4 is 0 Å². The number of aliphatic hydroxyl groups excluding tert-OH is 1. The summed E-state index contributed by atoms with van der Waals surface area (Å²) < 4.78 is 0. The van der Waals surface area contributed by atoms with Gasteiger partial charge in [-0.15, -0.1) is 0 Å². The molecule has 0 atom stereocenters. The number of nitriles is 1. The molecule has 0 aromatic rings. The Labute approximate surface area is 42.8 Å². The normalized spacial score (nSPS) is 8.86. The van der Waals surface area contributed by atoms with Crippen molar-refractivity contribution in [2.24, 2.45) is 0 Å². The Morgan fingerprint density at radius 1 is 1.86 bits per heavy atom. The van der Waals surface area contributed by atoms with Crippen molar-refractivity contribution in [2.45, 2.75) is 0 Å². The van der Waals surface area contributed by atoms with Crippen LogP contribution in [0.3, 0.4) is 0 Å². The fraction of sp³-hybridized carbons (Fsp3) is 0.750. The van der Waals surface area contributed by atoms with Crippen molar-refractivity contribution in [2.75, 3.05) is 20.3 Å². The van der Waals surface area contributed by atoms with E-state index in [-0.39, 0.29) is 13.3 Å². The predicted molar refractivity (Wildman–Crippen MR) is 25.3 cm³/mol. The molecule has 0 spiro atoms. The van der Waals surface area contributed by atoms with Crippen LogP contribution >= 0.6 is 0 Å². The lowest BCUT2D eigenvalue weighted by molar-refractivity contribution is 0.145. The number of rotatable bonds is 2. The highest BCUT2D eigenvalue weighted by Crippen LogP contribution is 1.71. The largest absolute Gasteiger partial charge is 0.381 e. The Morgan fingerprint density at radius 3 is 2.57 bits per heavy atom.